The lowest BCUT2D eigenvalue weighted by molar-refractivity contribution is -0.158. The molecular weight excluding hydrogens is 396 g/mol. The van der Waals surface area contributed by atoms with Crippen LogP contribution in [-0.2, 0) is 30.4 Å². The van der Waals surface area contributed by atoms with E-state index in [-0.39, 0.29) is 24.8 Å². The van der Waals surface area contributed by atoms with Crippen LogP contribution in [0.1, 0.15) is 44.6 Å². The number of methoxy groups -OCH3 is 1. The number of likely N-dealkylation sites (tertiary alicyclic amines) is 1. The van der Waals surface area contributed by atoms with Crippen LogP contribution in [-0.4, -0.2) is 49.6 Å². The highest BCUT2D eigenvalue weighted by molar-refractivity contribution is 5.99. The van der Waals surface area contributed by atoms with Gasteiger partial charge in [-0.25, -0.2) is 0 Å². The van der Waals surface area contributed by atoms with Crippen molar-refractivity contribution in [2.45, 2.75) is 45.6 Å². The van der Waals surface area contributed by atoms with Crippen molar-refractivity contribution in [1.82, 2.24) is 10.2 Å². The number of rotatable bonds is 10. The van der Waals surface area contributed by atoms with Crippen LogP contribution in [0.25, 0.3) is 0 Å². The molecule has 168 valence electrons. The van der Waals surface area contributed by atoms with Crippen molar-refractivity contribution in [3.63, 3.8) is 0 Å². The van der Waals surface area contributed by atoms with Gasteiger partial charge in [0.2, 0.25) is 11.8 Å². The number of benzene rings is 1. The van der Waals surface area contributed by atoms with Crippen LogP contribution in [0.3, 0.4) is 0 Å². The maximum Gasteiger partial charge on any atom is 0.318 e. The van der Waals surface area contributed by atoms with Crippen LogP contribution in [0, 0.1) is 11.3 Å². The maximum absolute atomic E-state index is 13.4. The van der Waals surface area contributed by atoms with Crippen molar-refractivity contribution in [2.24, 2.45) is 11.3 Å². The monoisotopic (exact) mass is 428 g/mol. The molecule has 1 saturated heterocycles. The zero-order valence-corrected chi connectivity index (χ0v) is 18.4. The number of esters is 1. The van der Waals surface area contributed by atoms with E-state index < -0.39 is 17.3 Å². The van der Waals surface area contributed by atoms with Gasteiger partial charge in [-0.05, 0) is 38.2 Å². The van der Waals surface area contributed by atoms with Crippen LogP contribution in [0.15, 0.2) is 42.1 Å². The second kappa shape index (κ2) is 10.6. The molecule has 0 bridgehead atoms. The fraction of sp³-hybridized carbons (Fsp3) is 0.542. The fourth-order valence-corrected chi connectivity index (χ4v) is 4.67. The Labute approximate surface area is 183 Å². The van der Waals surface area contributed by atoms with Gasteiger partial charge in [-0.2, -0.15) is 0 Å². The molecule has 0 saturated carbocycles. The largest absolute Gasteiger partial charge is 0.465 e. The first-order valence-electron chi connectivity index (χ1n) is 11.0. The summed E-state index contributed by atoms with van der Waals surface area (Å²) in [6, 6.07) is 9.60. The van der Waals surface area contributed by atoms with Gasteiger partial charge in [0.1, 0.15) is 5.41 Å². The molecule has 1 aliphatic carbocycles. The molecule has 1 fully saturated rings. The summed E-state index contributed by atoms with van der Waals surface area (Å²) in [6.07, 6.45) is 4.70. The van der Waals surface area contributed by atoms with Gasteiger partial charge in [0.05, 0.1) is 12.5 Å². The number of nitrogens with one attached hydrogen (secondary N) is 1. The second-order valence-corrected chi connectivity index (χ2v) is 8.03. The summed E-state index contributed by atoms with van der Waals surface area (Å²) in [5.41, 5.74) is 0.606. The van der Waals surface area contributed by atoms with Crippen molar-refractivity contribution < 1.29 is 23.9 Å². The molecule has 0 radical (unpaired) electrons. The second-order valence-electron chi connectivity index (χ2n) is 8.03. The van der Waals surface area contributed by atoms with Crippen LogP contribution in [0.2, 0.25) is 0 Å². The smallest absolute Gasteiger partial charge is 0.318 e. The van der Waals surface area contributed by atoms with Gasteiger partial charge >= 0.3 is 5.97 Å². The molecule has 1 aromatic carbocycles. The van der Waals surface area contributed by atoms with Crippen LogP contribution in [0.5, 0.6) is 0 Å². The standard InChI is InChI=1S/C24H32N2O5/c1-3-31-23(29)24-13-8-7-12-20(24)26(14-9-15-30-2)22(28)19(24)16-21(27)25-17-18-10-5-4-6-11-18/h4-6,10-12,19H,3,7-9,13-17H2,1-2H3,(H,25,27)/t19-,24-/m0/s1. The first-order chi connectivity index (χ1) is 15.0. The summed E-state index contributed by atoms with van der Waals surface area (Å²) < 4.78 is 10.6. The minimum atomic E-state index is -1.08. The minimum Gasteiger partial charge on any atom is -0.465 e. The Balaban J connectivity index is 1.83. The van der Waals surface area contributed by atoms with E-state index in [1.807, 2.05) is 36.4 Å². The van der Waals surface area contributed by atoms with Gasteiger partial charge in [0.25, 0.3) is 0 Å². The van der Waals surface area contributed by atoms with Crippen molar-refractivity contribution in [3.8, 4) is 0 Å². The fourth-order valence-electron chi connectivity index (χ4n) is 4.67. The first kappa shape index (κ1) is 23.0. The number of amides is 2. The number of allylic oxidation sites excluding steroid dienone is 1. The molecule has 0 aromatic heterocycles. The molecule has 7 nitrogen and oxygen atoms in total. The van der Waals surface area contributed by atoms with Gasteiger partial charge in [0.15, 0.2) is 0 Å². The van der Waals surface area contributed by atoms with E-state index in [1.165, 1.54) is 0 Å². The zero-order chi connectivity index (χ0) is 22.3. The zero-order valence-electron chi connectivity index (χ0n) is 18.4. The average molecular weight is 429 g/mol. The van der Waals surface area contributed by atoms with E-state index in [4.69, 9.17) is 9.47 Å². The van der Waals surface area contributed by atoms with Gasteiger partial charge in [-0.1, -0.05) is 36.4 Å². The van der Waals surface area contributed by atoms with Crippen molar-refractivity contribution in [3.05, 3.63) is 47.7 Å². The lowest BCUT2D eigenvalue weighted by atomic mass is 9.68. The van der Waals surface area contributed by atoms with Crippen LogP contribution >= 0.6 is 0 Å². The molecule has 1 aliphatic heterocycles. The Hall–Kier alpha value is -2.67. The van der Waals surface area contributed by atoms with Gasteiger partial charge in [-0.15, -0.1) is 0 Å². The van der Waals surface area contributed by atoms with Crippen LogP contribution in [0.4, 0.5) is 0 Å². The van der Waals surface area contributed by atoms with Crippen molar-refractivity contribution in [1.29, 1.82) is 0 Å². The lowest BCUT2D eigenvalue weighted by Crippen LogP contribution is -2.43. The number of hydrogen-bond donors (Lipinski definition) is 1. The Kier molecular flexibility index (Phi) is 7.85. The molecule has 1 aromatic rings. The Bertz CT molecular complexity index is 823. The van der Waals surface area contributed by atoms with Crippen molar-refractivity contribution in [2.75, 3.05) is 26.9 Å². The predicted octanol–water partition coefficient (Wildman–Crippen LogP) is 2.81. The molecule has 2 amide bonds. The maximum atomic E-state index is 13.4. The third-order valence-corrected chi connectivity index (χ3v) is 6.11. The molecule has 2 aliphatic rings. The minimum absolute atomic E-state index is 0.0391. The number of ether oxygens (including phenoxy) is 2. The van der Waals surface area contributed by atoms with E-state index in [1.54, 1.807) is 18.9 Å². The summed E-state index contributed by atoms with van der Waals surface area (Å²) in [5, 5.41) is 2.90. The van der Waals surface area contributed by atoms with E-state index in [0.29, 0.717) is 38.2 Å². The molecule has 31 heavy (non-hydrogen) atoms. The summed E-state index contributed by atoms with van der Waals surface area (Å²) in [5.74, 6) is -1.57. The van der Waals surface area contributed by atoms with Crippen molar-refractivity contribution >= 4 is 17.8 Å². The van der Waals surface area contributed by atoms with Gasteiger partial charge in [-0.3, -0.25) is 14.4 Å². The third kappa shape index (κ3) is 4.82. The molecule has 2 atom stereocenters. The quantitative estimate of drug-likeness (QED) is 0.458. The Morgan fingerprint density at radius 3 is 2.74 bits per heavy atom. The molecule has 0 spiro atoms. The number of fused-ring (bicyclic) bond motifs is 1. The topological polar surface area (TPSA) is 84.9 Å². The number of carbonyl (C=O) groups is 3. The summed E-state index contributed by atoms with van der Waals surface area (Å²) >= 11 is 0. The first-order valence-corrected chi connectivity index (χ1v) is 11.0. The van der Waals surface area contributed by atoms with Gasteiger partial charge in [0, 0.05) is 38.9 Å². The molecule has 7 heteroatoms. The molecule has 0 unspecified atom stereocenters. The Morgan fingerprint density at radius 2 is 2.03 bits per heavy atom. The highest BCUT2D eigenvalue weighted by atomic mass is 16.5. The average Bonchev–Trinajstić information content (AvgIpc) is 3.02. The van der Waals surface area contributed by atoms with Gasteiger partial charge < -0.3 is 19.7 Å². The highest BCUT2D eigenvalue weighted by Crippen LogP contribution is 2.53. The van der Waals surface area contributed by atoms with Crippen LogP contribution < -0.4 is 5.32 Å². The summed E-state index contributed by atoms with van der Waals surface area (Å²) in [4.78, 5) is 41.1. The Morgan fingerprint density at radius 1 is 1.26 bits per heavy atom. The summed E-state index contributed by atoms with van der Waals surface area (Å²) in [6.45, 7) is 3.36. The van der Waals surface area contributed by atoms with E-state index in [0.717, 1.165) is 18.4 Å². The molecular formula is C24H32N2O5. The number of nitrogens with zero attached hydrogens (tertiary/aromatic N) is 1. The predicted molar refractivity (Wildman–Crippen MR) is 116 cm³/mol. The number of carbonyl (C=O) groups excluding carboxylic acids is 3. The van der Waals surface area contributed by atoms with E-state index >= 15 is 0 Å². The number of hydrogen-bond acceptors (Lipinski definition) is 5. The molecule has 1 heterocycles. The normalized spacial score (nSPS) is 22.6. The lowest BCUT2D eigenvalue weighted by Gasteiger charge is -2.35. The summed E-state index contributed by atoms with van der Waals surface area (Å²) in [7, 11) is 1.62. The van der Waals surface area contributed by atoms with E-state index in [9.17, 15) is 14.4 Å². The SMILES string of the molecule is CCOC(=O)[C@]12CCCC=C1N(CCCOC)C(=O)[C@@H]2CC(=O)NCc1ccccc1. The highest BCUT2D eigenvalue weighted by Gasteiger charge is 2.61. The van der Waals surface area contributed by atoms with E-state index in [2.05, 4.69) is 5.32 Å². The molecule has 1 N–H and O–H groups in total. The molecule has 3 rings (SSSR count). The third-order valence-electron chi connectivity index (χ3n) is 6.11.